The van der Waals surface area contributed by atoms with Gasteiger partial charge < -0.3 is 5.32 Å². The maximum absolute atomic E-state index is 12.6. The lowest BCUT2D eigenvalue weighted by Crippen LogP contribution is -2.05. The van der Waals surface area contributed by atoms with Crippen LogP contribution >= 0.6 is 23.2 Å². The normalized spacial score (nSPS) is 11.0. The van der Waals surface area contributed by atoms with Gasteiger partial charge in [0.1, 0.15) is 6.07 Å². The second-order valence-corrected chi connectivity index (χ2v) is 4.96. The molecule has 21 heavy (non-hydrogen) atoms. The number of nitriles is 1. The molecule has 2 aromatic carbocycles. The van der Waals surface area contributed by atoms with Crippen LogP contribution in [-0.4, -0.2) is 0 Å². The molecule has 2 aromatic rings. The topological polar surface area (TPSA) is 35.8 Å². The molecule has 108 valence electrons. The first-order valence-electron chi connectivity index (χ1n) is 5.64. The molecule has 0 heterocycles. The van der Waals surface area contributed by atoms with Crippen molar-refractivity contribution in [3.05, 3.63) is 57.6 Å². The van der Waals surface area contributed by atoms with Crippen LogP contribution in [0.1, 0.15) is 11.1 Å². The third-order valence-electron chi connectivity index (χ3n) is 2.67. The first kappa shape index (κ1) is 15.5. The van der Waals surface area contributed by atoms with Crippen molar-refractivity contribution in [3.8, 4) is 6.07 Å². The number of anilines is 2. The number of nitrogens with one attached hydrogen (secondary N) is 1. The summed E-state index contributed by atoms with van der Waals surface area (Å²) < 4.78 is 37.7. The predicted octanol–water partition coefficient (Wildman–Crippen LogP) is 5.63. The van der Waals surface area contributed by atoms with Crippen LogP contribution in [0.5, 0.6) is 0 Å². The van der Waals surface area contributed by atoms with Gasteiger partial charge in [0.2, 0.25) is 0 Å². The van der Waals surface area contributed by atoms with Crippen molar-refractivity contribution < 1.29 is 13.2 Å². The van der Waals surface area contributed by atoms with E-state index in [2.05, 4.69) is 5.32 Å². The predicted molar refractivity (Wildman–Crippen MR) is 75.9 cm³/mol. The van der Waals surface area contributed by atoms with Crippen molar-refractivity contribution in [2.45, 2.75) is 6.18 Å². The zero-order chi connectivity index (χ0) is 15.6. The summed E-state index contributed by atoms with van der Waals surface area (Å²) in [5, 5.41) is 12.1. The van der Waals surface area contributed by atoms with Crippen LogP contribution in [0, 0.1) is 11.3 Å². The number of alkyl halides is 3. The summed E-state index contributed by atoms with van der Waals surface area (Å²) in [6.07, 6.45) is -4.46. The van der Waals surface area contributed by atoms with Crippen molar-refractivity contribution in [1.82, 2.24) is 0 Å². The molecule has 0 amide bonds. The number of nitrogens with zero attached hydrogens (tertiary/aromatic N) is 1. The van der Waals surface area contributed by atoms with E-state index in [0.29, 0.717) is 10.7 Å². The Morgan fingerprint density at radius 1 is 1.00 bits per heavy atom. The molecule has 0 aliphatic rings. The number of halogens is 5. The summed E-state index contributed by atoms with van der Waals surface area (Å²) >= 11 is 11.6. The van der Waals surface area contributed by atoms with Gasteiger partial charge >= 0.3 is 6.18 Å². The third kappa shape index (κ3) is 3.60. The quantitative estimate of drug-likeness (QED) is 0.774. The lowest BCUT2D eigenvalue weighted by Gasteiger charge is -2.12. The van der Waals surface area contributed by atoms with Crippen LogP contribution in [0.4, 0.5) is 24.5 Å². The van der Waals surface area contributed by atoms with Gasteiger partial charge in [-0.3, -0.25) is 0 Å². The number of rotatable bonds is 2. The van der Waals surface area contributed by atoms with Gasteiger partial charge in [0.05, 0.1) is 27.5 Å². The SMILES string of the molecule is N#Cc1cc(Cl)ccc1Nc1ccc(C(F)(F)F)cc1Cl. The Hall–Kier alpha value is -1.90. The van der Waals surface area contributed by atoms with Gasteiger partial charge in [-0.15, -0.1) is 0 Å². The maximum atomic E-state index is 12.6. The van der Waals surface area contributed by atoms with Gasteiger partial charge in [-0.05, 0) is 36.4 Å². The maximum Gasteiger partial charge on any atom is 0.416 e. The van der Waals surface area contributed by atoms with E-state index >= 15 is 0 Å². The van der Waals surface area contributed by atoms with E-state index in [9.17, 15) is 13.2 Å². The van der Waals surface area contributed by atoms with Gasteiger partial charge in [-0.1, -0.05) is 23.2 Å². The Balaban J connectivity index is 2.35. The minimum absolute atomic E-state index is 0.0938. The van der Waals surface area contributed by atoms with Crippen LogP contribution in [0.15, 0.2) is 36.4 Å². The van der Waals surface area contributed by atoms with Crippen LogP contribution in [-0.2, 0) is 6.18 Å². The van der Waals surface area contributed by atoms with Crippen molar-refractivity contribution in [1.29, 1.82) is 5.26 Å². The van der Waals surface area contributed by atoms with Gasteiger partial charge in [0.25, 0.3) is 0 Å². The molecule has 0 aliphatic carbocycles. The molecule has 0 unspecified atom stereocenters. The molecule has 0 bridgehead atoms. The Morgan fingerprint density at radius 2 is 1.67 bits per heavy atom. The zero-order valence-corrected chi connectivity index (χ0v) is 11.8. The Labute approximate surface area is 128 Å². The lowest BCUT2D eigenvalue weighted by molar-refractivity contribution is -0.137. The third-order valence-corrected chi connectivity index (χ3v) is 3.22. The van der Waals surface area contributed by atoms with E-state index in [-0.39, 0.29) is 16.3 Å². The average molecular weight is 331 g/mol. The number of hydrogen-bond acceptors (Lipinski definition) is 2. The van der Waals surface area contributed by atoms with Crippen LogP contribution in [0.25, 0.3) is 0 Å². The minimum Gasteiger partial charge on any atom is -0.353 e. The van der Waals surface area contributed by atoms with Crippen LogP contribution in [0.2, 0.25) is 10.0 Å². The van der Waals surface area contributed by atoms with Gasteiger partial charge in [0, 0.05) is 5.02 Å². The van der Waals surface area contributed by atoms with E-state index in [4.69, 9.17) is 28.5 Å². The van der Waals surface area contributed by atoms with E-state index < -0.39 is 11.7 Å². The second kappa shape index (κ2) is 5.84. The summed E-state index contributed by atoms with van der Waals surface area (Å²) in [4.78, 5) is 0. The highest BCUT2D eigenvalue weighted by Gasteiger charge is 2.30. The lowest BCUT2D eigenvalue weighted by atomic mass is 10.1. The molecule has 0 fully saturated rings. The summed E-state index contributed by atoms with van der Waals surface area (Å²) in [7, 11) is 0. The van der Waals surface area contributed by atoms with Crippen LogP contribution in [0.3, 0.4) is 0 Å². The highest BCUT2D eigenvalue weighted by Crippen LogP contribution is 2.35. The number of benzene rings is 2. The van der Waals surface area contributed by atoms with E-state index in [1.54, 1.807) is 12.1 Å². The molecular formula is C14H7Cl2F3N2. The minimum atomic E-state index is -4.46. The van der Waals surface area contributed by atoms with Crippen molar-refractivity contribution in [2.24, 2.45) is 0 Å². The molecule has 0 spiro atoms. The molecule has 0 saturated heterocycles. The molecule has 0 saturated carbocycles. The van der Waals surface area contributed by atoms with Crippen molar-refractivity contribution in [2.75, 3.05) is 5.32 Å². The molecular weight excluding hydrogens is 324 g/mol. The van der Waals surface area contributed by atoms with Crippen LogP contribution < -0.4 is 5.32 Å². The zero-order valence-electron chi connectivity index (χ0n) is 10.3. The fraction of sp³-hybridized carbons (Fsp3) is 0.0714. The monoisotopic (exact) mass is 330 g/mol. The van der Waals surface area contributed by atoms with E-state index in [1.165, 1.54) is 12.1 Å². The van der Waals surface area contributed by atoms with Crippen molar-refractivity contribution in [3.63, 3.8) is 0 Å². The highest BCUT2D eigenvalue weighted by molar-refractivity contribution is 6.33. The van der Waals surface area contributed by atoms with Crippen molar-refractivity contribution >= 4 is 34.6 Å². The number of hydrogen-bond donors (Lipinski definition) is 1. The summed E-state index contributed by atoms with van der Waals surface area (Å²) in [5.74, 6) is 0. The average Bonchev–Trinajstić information content (AvgIpc) is 2.41. The standard InChI is InChI=1S/C14H7Cl2F3N2/c15-10-2-4-12(8(5-10)7-20)21-13-3-1-9(6-11(13)16)14(17,18)19/h1-6,21H. The molecule has 7 heteroatoms. The molecule has 0 aromatic heterocycles. The second-order valence-electron chi connectivity index (χ2n) is 4.12. The van der Waals surface area contributed by atoms with Gasteiger partial charge in [-0.25, -0.2) is 0 Å². The highest BCUT2D eigenvalue weighted by atomic mass is 35.5. The molecule has 2 rings (SSSR count). The largest absolute Gasteiger partial charge is 0.416 e. The molecule has 0 aliphatic heterocycles. The summed E-state index contributed by atoms with van der Waals surface area (Å²) in [6, 6.07) is 9.44. The van der Waals surface area contributed by atoms with Gasteiger partial charge in [-0.2, -0.15) is 18.4 Å². The summed E-state index contributed by atoms with van der Waals surface area (Å²) in [6.45, 7) is 0. The first-order chi connectivity index (χ1) is 9.81. The first-order valence-corrected chi connectivity index (χ1v) is 6.40. The molecule has 0 radical (unpaired) electrons. The Morgan fingerprint density at radius 3 is 2.24 bits per heavy atom. The van der Waals surface area contributed by atoms with E-state index in [1.807, 2.05) is 6.07 Å². The van der Waals surface area contributed by atoms with E-state index in [0.717, 1.165) is 12.1 Å². The fourth-order valence-corrected chi connectivity index (χ4v) is 2.06. The molecule has 1 N–H and O–H groups in total. The Kier molecular flexibility index (Phi) is 4.31. The Bertz CT molecular complexity index is 721. The smallest absolute Gasteiger partial charge is 0.353 e. The molecule has 0 atom stereocenters. The van der Waals surface area contributed by atoms with Gasteiger partial charge in [0.15, 0.2) is 0 Å². The fourth-order valence-electron chi connectivity index (χ4n) is 1.66. The molecule has 2 nitrogen and oxygen atoms in total. The summed E-state index contributed by atoms with van der Waals surface area (Å²) in [5.41, 5.74) is 0.0974.